The summed E-state index contributed by atoms with van der Waals surface area (Å²) in [7, 11) is 1.22. The maximum atomic E-state index is 13.3. The van der Waals surface area contributed by atoms with Crippen molar-refractivity contribution in [1.29, 1.82) is 5.26 Å². The minimum absolute atomic E-state index is 0. The van der Waals surface area contributed by atoms with E-state index in [1.165, 1.54) is 13.2 Å². The molecule has 0 saturated heterocycles. The van der Waals surface area contributed by atoms with Crippen LogP contribution < -0.4 is 10.5 Å². The third-order valence-electron chi connectivity index (χ3n) is 2.45. The van der Waals surface area contributed by atoms with Crippen molar-refractivity contribution in [2.45, 2.75) is 12.0 Å². The highest BCUT2D eigenvalue weighted by molar-refractivity contribution is 5.85. The number of hydrogen-bond donors (Lipinski definition) is 3. The lowest BCUT2D eigenvalue weighted by Crippen LogP contribution is -2.36. The SMILES string of the molecule is COc1cc(C#N)cc([C@@H](N)C(F)(F)CO)c1O.Cl. The van der Waals surface area contributed by atoms with Gasteiger partial charge in [-0.2, -0.15) is 5.26 Å². The summed E-state index contributed by atoms with van der Waals surface area (Å²) in [6, 6.07) is 2.03. The highest BCUT2D eigenvalue weighted by atomic mass is 35.5. The van der Waals surface area contributed by atoms with Crippen LogP contribution in [0.3, 0.4) is 0 Å². The number of hydrogen-bond acceptors (Lipinski definition) is 5. The Kier molecular flexibility index (Phi) is 5.96. The third-order valence-corrected chi connectivity index (χ3v) is 2.45. The Hall–Kier alpha value is -1.62. The Balaban J connectivity index is 0.00000324. The number of methoxy groups -OCH3 is 1. The number of alkyl halides is 2. The van der Waals surface area contributed by atoms with Gasteiger partial charge in [0.1, 0.15) is 12.6 Å². The maximum absolute atomic E-state index is 13.3. The van der Waals surface area contributed by atoms with Gasteiger partial charge in [0.25, 0.3) is 5.92 Å². The molecule has 0 amide bonds. The normalized spacial score (nSPS) is 12.2. The number of phenolic OH excluding ortho intramolecular Hbond substituents is 1. The smallest absolute Gasteiger partial charge is 0.289 e. The van der Waals surface area contributed by atoms with Crippen molar-refractivity contribution in [2.75, 3.05) is 13.7 Å². The molecule has 1 aromatic carbocycles. The Labute approximate surface area is 114 Å². The van der Waals surface area contributed by atoms with Crippen LogP contribution in [0.2, 0.25) is 0 Å². The molecule has 0 spiro atoms. The van der Waals surface area contributed by atoms with Gasteiger partial charge < -0.3 is 20.7 Å². The van der Waals surface area contributed by atoms with Crippen LogP contribution in [-0.4, -0.2) is 29.9 Å². The zero-order chi connectivity index (χ0) is 13.9. The van der Waals surface area contributed by atoms with Crippen LogP contribution >= 0.6 is 12.4 Å². The second-order valence-electron chi connectivity index (χ2n) is 3.62. The van der Waals surface area contributed by atoms with E-state index in [0.717, 1.165) is 6.07 Å². The fourth-order valence-electron chi connectivity index (χ4n) is 1.41. The van der Waals surface area contributed by atoms with E-state index in [1.54, 1.807) is 6.07 Å². The minimum atomic E-state index is -3.61. The molecule has 19 heavy (non-hydrogen) atoms. The van der Waals surface area contributed by atoms with Crippen molar-refractivity contribution in [2.24, 2.45) is 5.73 Å². The summed E-state index contributed by atoms with van der Waals surface area (Å²) in [6.07, 6.45) is 0. The number of rotatable bonds is 4. The number of aromatic hydroxyl groups is 1. The number of nitriles is 1. The zero-order valence-electron chi connectivity index (χ0n) is 9.93. The molecule has 1 aromatic rings. The van der Waals surface area contributed by atoms with Gasteiger partial charge in [0.05, 0.1) is 18.7 Å². The number of ether oxygens (including phenoxy) is 1. The van der Waals surface area contributed by atoms with Crippen LogP contribution in [-0.2, 0) is 0 Å². The third kappa shape index (κ3) is 3.44. The molecule has 0 aliphatic rings. The van der Waals surface area contributed by atoms with Gasteiger partial charge in [0.2, 0.25) is 0 Å². The topological polar surface area (TPSA) is 99.5 Å². The van der Waals surface area contributed by atoms with Gasteiger partial charge in [-0.1, -0.05) is 0 Å². The van der Waals surface area contributed by atoms with Crippen molar-refractivity contribution in [3.05, 3.63) is 23.3 Å². The Morgan fingerprint density at radius 1 is 1.53 bits per heavy atom. The molecule has 0 saturated carbocycles. The van der Waals surface area contributed by atoms with Crippen molar-refractivity contribution >= 4 is 12.4 Å². The van der Waals surface area contributed by atoms with Crippen LogP contribution in [0.5, 0.6) is 11.5 Å². The molecule has 0 bridgehead atoms. The molecule has 1 atom stereocenters. The van der Waals surface area contributed by atoms with Crippen LogP contribution in [0.25, 0.3) is 0 Å². The molecule has 1 rings (SSSR count). The van der Waals surface area contributed by atoms with Crippen LogP contribution in [0.1, 0.15) is 17.2 Å². The van der Waals surface area contributed by atoms with Crippen LogP contribution in [0, 0.1) is 11.3 Å². The Morgan fingerprint density at radius 3 is 2.53 bits per heavy atom. The molecule has 106 valence electrons. The number of phenols is 1. The summed E-state index contributed by atoms with van der Waals surface area (Å²) in [6.45, 7) is -1.47. The number of benzene rings is 1. The largest absolute Gasteiger partial charge is 0.504 e. The van der Waals surface area contributed by atoms with Crippen molar-refractivity contribution in [3.63, 3.8) is 0 Å². The summed E-state index contributed by atoms with van der Waals surface area (Å²) >= 11 is 0. The van der Waals surface area contributed by atoms with Crippen molar-refractivity contribution in [3.8, 4) is 17.6 Å². The van der Waals surface area contributed by atoms with E-state index >= 15 is 0 Å². The van der Waals surface area contributed by atoms with Gasteiger partial charge in [-0.3, -0.25) is 0 Å². The average Bonchev–Trinajstić information content (AvgIpc) is 2.38. The molecule has 0 unspecified atom stereocenters. The fraction of sp³-hybridized carbons (Fsp3) is 0.364. The molecular formula is C11H13ClF2N2O3. The molecule has 5 nitrogen and oxygen atoms in total. The van der Waals surface area contributed by atoms with Crippen molar-refractivity contribution < 1.29 is 23.7 Å². The van der Waals surface area contributed by atoms with Gasteiger partial charge in [-0.25, -0.2) is 8.78 Å². The summed E-state index contributed by atoms with van der Waals surface area (Å²) < 4.78 is 31.3. The molecule has 4 N–H and O–H groups in total. The summed E-state index contributed by atoms with van der Waals surface area (Å²) in [5, 5.41) is 27.0. The van der Waals surface area contributed by atoms with Crippen LogP contribution in [0.15, 0.2) is 12.1 Å². The maximum Gasteiger partial charge on any atom is 0.289 e. The highest BCUT2D eigenvalue weighted by Gasteiger charge is 2.39. The number of aliphatic hydroxyl groups excluding tert-OH is 1. The predicted molar refractivity (Wildman–Crippen MR) is 65.6 cm³/mol. The van der Waals surface area contributed by atoms with E-state index in [9.17, 15) is 13.9 Å². The second-order valence-corrected chi connectivity index (χ2v) is 3.62. The molecule has 0 heterocycles. The molecule has 0 aliphatic heterocycles. The quantitative estimate of drug-likeness (QED) is 0.778. The van der Waals surface area contributed by atoms with Crippen molar-refractivity contribution in [1.82, 2.24) is 0 Å². The molecule has 0 radical (unpaired) electrons. The minimum Gasteiger partial charge on any atom is -0.504 e. The van der Waals surface area contributed by atoms with Gasteiger partial charge in [-0.05, 0) is 6.07 Å². The lowest BCUT2D eigenvalue weighted by Gasteiger charge is -2.23. The highest BCUT2D eigenvalue weighted by Crippen LogP contribution is 2.39. The van der Waals surface area contributed by atoms with E-state index < -0.39 is 24.3 Å². The van der Waals surface area contributed by atoms with Gasteiger partial charge in [-0.15, -0.1) is 12.4 Å². The Bertz CT molecular complexity index is 492. The first-order chi connectivity index (χ1) is 8.37. The molecular weight excluding hydrogens is 282 g/mol. The number of halogens is 3. The standard InChI is InChI=1S/C11H12F2N2O3.ClH/c1-18-8-3-6(4-14)2-7(9(8)17)10(15)11(12,13)5-16;/h2-3,10,16-17H,5,15H2,1H3;1H/t10-;/m1./s1. The molecule has 0 aliphatic carbocycles. The van der Waals surface area contributed by atoms with E-state index in [-0.39, 0.29) is 29.3 Å². The lowest BCUT2D eigenvalue weighted by atomic mass is 9.98. The monoisotopic (exact) mass is 294 g/mol. The molecule has 0 aromatic heterocycles. The zero-order valence-corrected chi connectivity index (χ0v) is 10.7. The van der Waals surface area contributed by atoms with E-state index in [1.807, 2.05) is 0 Å². The number of aliphatic hydroxyl groups is 1. The number of nitrogens with zero attached hydrogens (tertiary/aromatic N) is 1. The summed E-state index contributed by atoms with van der Waals surface area (Å²) in [5.74, 6) is -4.32. The summed E-state index contributed by atoms with van der Waals surface area (Å²) in [4.78, 5) is 0. The van der Waals surface area contributed by atoms with E-state index in [2.05, 4.69) is 0 Å². The lowest BCUT2D eigenvalue weighted by molar-refractivity contribution is -0.0716. The fourth-order valence-corrected chi connectivity index (χ4v) is 1.41. The predicted octanol–water partition coefficient (Wildman–Crippen LogP) is 1.32. The Morgan fingerprint density at radius 2 is 2.11 bits per heavy atom. The summed E-state index contributed by atoms with van der Waals surface area (Å²) in [5.41, 5.74) is 4.96. The first-order valence-electron chi connectivity index (χ1n) is 4.92. The van der Waals surface area contributed by atoms with Gasteiger partial charge in [0, 0.05) is 11.6 Å². The van der Waals surface area contributed by atoms with E-state index in [0.29, 0.717) is 0 Å². The van der Waals surface area contributed by atoms with E-state index in [4.69, 9.17) is 20.8 Å². The number of nitrogens with two attached hydrogens (primary N) is 1. The molecule has 8 heteroatoms. The van der Waals surface area contributed by atoms with Gasteiger partial charge in [0.15, 0.2) is 11.5 Å². The average molecular weight is 295 g/mol. The first-order valence-corrected chi connectivity index (χ1v) is 4.92. The first kappa shape index (κ1) is 17.4. The second kappa shape index (κ2) is 6.52. The molecule has 0 fully saturated rings. The van der Waals surface area contributed by atoms with Crippen LogP contribution in [0.4, 0.5) is 8.78 Å². The van der Waals surface area contributed by atoms with Gasteiger partial charge >= 0.3 is 0 Å².